The van der Waals surface area contributed by atoms with Gasteiger partial charge in [-0.1, -0.05) is 90.5 Å². The van der Waals surface area contributed by atoms with Gasteiger partial charge in [0.25, 0.3) is 0 Å². The van der Waals surface area contributed by atoms with Crippen LogP contribution in [0.15, 0.2) is 84.9 Å². The van der Waals surface area contributed by atoms with Crippen molar-refractivity contribution in [1.82, 2.24) is 0 Å². The molecule has 0 bridgehead atoms. The lowest BCUT2D eigenvalue weighted by atomic mass is 9.64. The zero-order valence-corrected chi connectivity index (χ0v) is 20.0. The highest BCUT2D eigenvalue weighted by atomic mass is 16.1. The smallest absolute Gasteiger partial charge is 0.233 e. The highest BCUT2D eigenvalue weighted by Gasteiger charge is 2.53. The Morgan fingerprint density at radius 3 is 2.15 bits per heavy atom. The molecule has 3 nitrogen and oxygen atoms in total. The second-order valence-electron chi connectivity index (χ2n) is 10.1. The molecule has 4 rings (SSSR count). The minimum absolute atomic E-state index is 0.180. The molecule has 2 N–H and O–H groups in total. The van der Waals surface area contributed by atoms with Gasteiger partial charge >= 0.3 is 0 Å². The Kier molecular flexibility index (Phi) is 6.99. The topological polar surface area (TPSA) is 43.1 Å². The van der Waals surface area contributed by atoms with Crippen LogP contribution in [0, 0.1) is 12.8 Å². The third kappa shape index (κ3) is 4.89. The van der Waals surface area contributed by atoms with Crippen LogP contribution in [0.1, 0.15) is 41.5 Å². The standard InChI is InChI=1S/C30H36N2O/c1-24-16-18-27(19-17-24)30(29(31)33,26-14-7-4-8-15-26)28-20-22-32(2,23-28)21-10-9-13-25-11-5-3-6-12-25/h3-8,11-12,14-19,28H,9-10,13,20-23H2,1-2H3,(H-,31,33)/p+1/t28?,30?,32-/m0/s1. The van der Waals surface area contributed by atoms with E-state index in [0.29, 0.717) is 0 Å². The van der Waals surface area contributed by atoms with Crippen molar-refractivity contribution in [2.45, 2.75) is 38.0 Å². The van der Waals surface area contributed by atoms with Crippen LogP contribution in [0.5, 0.6) is 0 Å². The molecule has 0 radical (unpaired) electrons. The summed E-state index contributed by atoms with van der Waals surface area (Å²) >= 11 is 0. The molecule has 172 valence electrons. The van der Waals surface area contributed by atoms with E-state index in [-0.39, 0.29) is 11.8 Å². The zero-order chi connectivity index (χ0) is 23.3. The maximum atomic E-state index is 13.3. The Morgan fingerprint density at radius 2 is 1.52 bits per heavy atom. The maximum Gasteiger partial charge on any atom is 0.233 e. The highest BCUT2D eigenvalue weighted by Crippen LogP contribution is 2.45. The van der Waals surface area contributed by atoms with E-state index < -0.39 is 5.41 Å². The van der Waals surface area contributed by atoms with E-state index in [0.717, 1.165) is 48.1 Å². The van der Waals surface area contributed by atoms with E-state index in [2.05, 4.69) is 80.7 Å². The first kappa shape index (κ1) is 23.3. The van der Waals surface area contributed by atoms with Crippen LogP contribution >= 0.6 is 0 Å². The van der Waals surface area contributed by atoms with Crippen LogP contribution in [-0.2, 0) is 16.6 Å². The quantitative estimate of drug-likeness (QED) is 0.357. The van der Waals surface area contributed by atoms with Gasteiger partial charge in [-0.15, -0.1) is 0 Å². The molecule has 3 atom stereocenters. The number of amides is 1. The first-order valence-corrected chi connectivity index (χ1v) is 12.2. The highest BCUT2D eigenvalue weighted by molar-refractivity contribution is 5.91. The molecule has 3 aromatic carbocycles. The summed E-state index contributed by atoms with van der Waals surface area (Å²) < 4.78 is 1.01. The minimum Gasteiger partial charge on any atom is -0.369 e. The lowest BCUT2D eigenvalue weighted by Crippen LogP contribution is -2.51. The first-order valence-electron chi connectivity index (χ1n) is 12.2. The number of rotatable bonds is 9. The third-order valence-corrected chi connectivity index (χ3v) is 7.67. The number of primary amides is 1. The molecule has 0 aromatic heterocycles. The lowest BCUT2D eigenvalue weighted by Gasteiger charge is -2.38. The minimum atomic E-state index is -0.797. The summed E-state index contributed by atoms with van der Waals surface area (Å²) in [7, 11) is 2.36. The van der Waals surface area contributed by atoms with Crippen LogP contribution < -0.4 is 5.73 Å². The largest absolute Gasteiger partial charge is 0.369 e. The second kappa shape index (κ2) is 9.93. The third-order valence-electron chi connectivity index (χ3n) is 7.67. The van der Waals surface area contributed by atoms with Crippen LogP contribution in [0.4, 0.5) is 0 Å². The maximum absolute atomic E-state index is 13.3. The summed E-state index contributed by atoms with van der Waals surface area (Å²) in [5.74, 6) is -0.0562. The monoisotopic (exact) mass is 441 g/mol. The number of carbonyl (C=O) groups is 1. The summed E-state index contributed by atoms with van der Waals surface area (Å²) in [5, 5.41) is 0. The fraction of sp³-hybridized carbons (Fsp3) is 0.367. The van der Waals surface area contributed by atoms with Crippen molar-refractivity contribution in [2.75, 3.05) is 26.7 Å². The SMILES string of the molecule is Cc1ccc(C(C(N)=O)(c2ccccc2)C2CC[N@+](C)(CCCCc3ccccc3)C2)cc1. The fourth-order valence-electron chi connectivity index (χ4n) is 5.85. The van der Waals surface area contributed by atoms with Gasteiger partial charge in [-0.2, -0.15) is 0 Å². The molecule has 0 aliphatic carbocycles. The van der Waals surface area contributed by atoms with Crippen LogP contribution in [-0.4, -0.2) is 37.1 Å². The molecule has 0 saturated carbocycles. The number of hydrogen-bond donors (Lipinski definition) is 1. The number of hydrogen-bond acceptors (Lipinski definition) is 1. The first-order chi connectivity index (χ1) is 15.9. The molecule has 2 unspecified atom stereocenters. The molecular formula is C30H37N2O+. The Balaban J connectivity index is 1.55. The van der Waals surface area contributed by atoms with Crippen molar-refractivity contribution in [3.8, 4) is 0 Å². The van der Waals surface area contributed by atoms with Gasteiger partial charge in [-0.3, -0.25) is 4.79 Å². The van der Waals surface area contributed by atoms with Crippen molar-refractivity contribution >= 4 is 5.91 Å². The summed E-state index contributed by atoms with van der Waals surface area (Å²) in [6.45, 7) is 5.28. The number of likely N-dealkylation sites (tertiary alicyclic amines) is 1. The molecule has 1 heterocycles. The number of benzene rings is 3. The van der Waals surface area contributed by atoms with E-state index >= 15 is 0 Å². The average Bonchev–Trinajstić information content (AvgIpc) is 3.22. The molecule has 1 aliphatic rings. The average molecular weight is 442 g/mol. The van der Waals surface area contributed by atoms with Gasteiger partial charge in [-0.05, 0) is 42.9 Å². The van der Waals surface area contributed by atoms with Crippen molar-refractivity contribution in [1.29, 1.82) is 0 Å². The Labute approximate surface area is 198 Å². The van der Waals surface area contributed by atoms with Crippen LogP contribution in [0.2, 0.25) is 0 Å². The Morgan fingerprint density at radius 1 is 0.909 bits per heavy atom. The normalized spacial score (nSPS) is 22.1. The van der Waals surface area contributed by atoms with Crippen molar-refractivity contribution < 1.29 is 9.28 Å². The Bertz CT molecular complexity index is 1050. The number of nitrogens with zero attached hydrogens (tertiary/aromatic N) is 1. The number of carbonyl (C=O) groups excluding carboxylic acids is 1. The van der Waals surface area contributed by atoms with Crippen LogP contribution in [0.3, 0.4) is 0 Å². The zero-order valence-electron chi connectivity index (χ0n) is 20.0. The van der Waals surface area contributed by atoms with Gasteiger partial charge in [0, 0.05) is 12.3 Å². The predicted molar refractivity (Wildman–Crippen MR) is 136 cm³/mol. The second-order valence-corrected chi connectivity index (χ2v) is 10.1. The van der Waals surface area contributed by atoms with Gasteiger partial charge < -0.3 is 10.2 Å². The number of nitrogens with two attached hydrogens (primary N) is 1. The van der Waals surface area contributed by atoms with Crippen molar-refractivity contribution in [3.05, 3.63) is 107 Å². The summed E-state index contributed by atoms with van der Waals surface area (Å²) in [4.78, 5) is 13.3. The molecular weight excluding hydrogens is 404 g/mol. The van der Waals surface area contributed by atoms with E-state index in [4.69, 9.17) is 5.73 Å². The molecule has 3 aromatic rings. The van der Waals surface area contributed by atoms with Crippen molar-refractivity contribution in [3.63, 3.8) is 0 Å². The van der Waals surface area contributed by atoms with Crippen molar-refractivity contribution in [2.24, 2.45) is 11.7 Å². The lowest BCUT2D eigenvalue weighted by molar-refractivity contribution is -0.899. The number of aryl methyl sites for hydroxylation is 2. The Hall–Kier alpha value is -2.91. The summed E-state index contributed by atoms with van der Waals surface area (Å²) in [5.41, 5.74) is 10.1. The van der Waals surface area contributed by atoms with Crippen LogP contribution in [0.25, 0.3) is 0 Å². The van der Waals surface area contributed by atoms with E-state index in [1.807, 2.05) is 18.2 Å². The predicted octanol–water partition coefficient (Wildman–Crippen LogP) is 5.26. The van der Waals surface area contributed by atoms with Gasteiger partial charge in [0.05, 0.1) is 26.7 Å². The van der Waals surface area contributed by atoms with E-state index in [9.17, 15) is 4.79 Å². The molecule has 1 saturated heterocycles. The molecule has 0 spiro atoms. The molecule has 1 amide bonds. The van der Waals surface area contributed by atoms with Gasteiger partial charge in [0.15, 0.2) is 0 Å². The number of unbranched alkanes of at least 4 members (excludes halogenated alkanes) is 1. The van der Waals surface area contributed by atoms with Gasteiger partial charge in [0.1, 0.15) is 5.41 Å². The fourth-order valence-corrected chi connectivity index (χ4v) is 5.85. The molecule has 33 heavy (non-hydrogen) atoms. The summed E-state index contributed by atoms with van der Waals surface area (Å²) in [6.07, 6.45) is 4.52. The van der Waals surface area contributed by atoms with E-state index in [1.54, 1.807) is 0 Å². The molecule has 1 fully saturated rings. The number of quaternary nitrogens is 1. The van der Waals surface area contributed by atoms with Gasteiger partial charge in [-0.25, -0.2) is 0 Å². The van der Waals surface area contributed by atoms with E-state index in [1.165, 1.54) is 24.0 Å². The summed E-state index contributed by atoms with van der Waals surface area (Å²) in [6, 6.07) is 29.4. The van der Waals surface area contributed by atoms with Gasteiger partial charge in [0.2, 0.25) is 5.91 Å². The molecule has 1 aliphatic heterocycles. The molecule has 3 heteroatoms.